The van der Waals surface area contributed by atoms with Crippen molar-refractivity contribution in [2.75, 3.05) is 13.6 Å². The maximum atomic E-state index is 11.4. The van der Waals surface area contributed by atoms with Crippen LogP contribution < -0.4 is 0 Å². The van der Waals surface area contributed by atoms with E-state index >= 15 is 0 Å². The van der Waals surface area contributed by atoms with E-state index in [-0.39, 0.29) is 18.1 Å². The molecule has 0 saturated carbocycles. The molecule has 0 aliphatic carbocycles. The first-order chi connectivity index (χ1) is 6.15. The molecule has 0 aliphatic heterocycles. The molecule has 1 amide bonds. The number of carbonyl (C=O) groups excluding carboxylic acids is 1. The number of amides is 1. The molecule has 1 aromatic rings. The van der Waals surface area contributed by atoms with Crippen LogP contribution in [0.4, 0.5) is 0 Å². The predicted octanol–water partition coefficient (Wildman–Crippen LogP) is 0.579. The van der Waals surface area contributed by atoms with E-state index in [0.29, 0.717) is 5.76 Å². The number of carbonyl (C=O) groups is 1. The van der Waals surface area contributed by atoms with Crippen LogP contribution in [0.5, 0.6) is 0 Å². The third kappa shape index (κ3) is 2.06. The van der Waals surface area contributed by atoms with Crippen molar-refractivity contribution < 1.29 is 9.32 Å². The van der Waals surface area contributed by atoms with Crippen LogP contribution in [0.1, 0.15) is 16.2 Å². The smallest absolute Gasteiger partial charge is 0.276 e. The average molecular weight is 179 g/mol. The van der Waals surface area contributed by atoms with Gasteiger partial charge in [0, 0.05) is 13.1 Å². The Morgan fingerprint density at radius 3 is 3.00 bits per heavy atom. The van der Waals surface area contributed by atoms with Gasteiger partial charge < -0.3 is 9.42 Å². The van der Waals surface area contributed by atoms with E-state index in [4.69, 9.17) is 9.78 Å². The third-order valence-corrected chi connectivity index (χ3v) is 1.50. The lowest BCUT2D eigenvalue weighted by Gasteiger charge is -2.09. The van der Waals surface area contributed by atoms with E-state index in [2.05, 4.69) is 5.16 Å². The summed E-state index contributed by atoms with van der Waals surface area (Å²) >= 11 is 0. The summed E-state index contributed by atoms with van der Waals surface area (Å²) in [5, 5.41) is 11.9. The van der Waals surface area contributed by atoms with Gasteiger partial charge in [0.1, 0.15) is 12.3 Å². The standard InChI is InChI=1S/C8H9N3O2/c1-6-5-7(10-13-6)8(12)11(2)4-3-9/h5H,4H2,1-2H3. The molecule has 68 valence electrons. The van der Waals surface area contributed by atoms with E-state index in [1.807, 2.05) is 6.07 Å². The molecule has 0 unspecified atom stereocenters. The van der Waals surface area contributed by atoms with Gasteiger partial charge in [-0.25, -0.2) is 0 Å². The highest BCUT2D eigenvalue weighted by atomic mass is 16.5. The van der Waals surface area contributed by atoms with Crippen molar-refractivity contribution in [1.82, 2.24) is 10.1 Å². The third-order valence-electron chi connectivity index (χ3n) is 1.50. The summed E-state index contributed by atoms with van der Waals surface area (Å²) in [4.78, 5) is 12.7. The normalized spacial score (nSPS) is 9.31. The molecule has 0 spiro atoms. The van der Waals surface area contributed by atoms with E-state index in [1.165, 1.54) is 18.0 Å². The highest BCUT2D eigenvalue weighted by Gasteiger charge is 2.14. The van der Waals surface area contributed by atoms with Gasteiger partial charge in [-0.05, 0) is 6.92 Å². The molecule has 0 bridgehead atoms. The van der Waals surface area contributed by atoms with E-state index < -0.39 is 0 Å². The van der Waals surface area contributed by atoms with E-state index in [9.17, 15) is 4.79 Å². The monoisotopic (exact) mass is 179 g/mol. The largest absolute Gasteiger partial charge is 0.361 e. The van der Waals surface area contributed by atoms with Gasteiger partial charge in [0.15, 0.2) is 5.69 Å². The Morgan fingerprint density at radius 1 is 1.85 bits per heavy atom. The van der Waals surface area contributed by atoms with Crippen LogP contribution in [-0.2, 0) is 0 Å². The summed E-state index contributed by atoms with van der Waals surface area (Å²) in [6, 6.07) is 3.41. The zero-order chi connectivity index (χ0) is 9.84. The van der Waals surface area contributed by atoms with Crippen molar-refractivity contribution in [2.24, 2.45) is 0 Å². The minimum atomic E-state index is -0.307. The van der Waals surface area contributed by atoms with Crippen LogP contribution in [0.25, 0.3) is 0 Å². The second-order valence-electron chi connectivity index (χ2n) is 2.64. The van der Waals surface area contributed by atoms with E-state index in [0.717, 1.165) is 0 Å². The van der Waals surface area contributed by atoms with Crippen molar-refractivity contribution in [3.8, 4) is 6.07 Å². The minimum Gasteiger partial charge on any atom is -0.361 e. The van der Waals surface area contributed by atoms with Crippen molar-refractivity contribution in [2.45, 2.75) is 6.92 Å². The zero-order valence-corrected chi connectivity index (χ0v) is 7.44. The first kappa shape index (κ1) is 9.26. The van der Waals surface area contributed by atoms with Crippen LogP contribution in [-0.4, -0.2) is 29.6 Å². The summed E-state index contributed by atoms with van der Waals surface area (Å²) in [5.74, 6) is 0.270. The Kier molecular flexibility index (Phi) is 2.65. The average Bonchev–Trinajstić information content (AvgIpc) is 2.51. The molecular formula is C8H9N3O2. The van der Waals surface area contributed by atoms with Gasteiger partial charge in [-0.1, -0.05) is 5.16 Å². The molecule has 13 heavy (non-hydrogen) atoms. The van der Waals surface area contributed by atoms with Crippen molar-refractivity contribution in [1.29, 1.82) is 5.26 Å². The fourth-order valence-corrected chi connectivity index (χ4v) is 0.841. The van der Waals surface area contributed by atoms with Gasteiger partial charge in [0.05, 0.1) is 6.07 Å². The molecule has 1 rings (SSSR count). The quantitative estimate of drug-likeness (QED) is 0.622. The topological polar surface area (TPSA) is 70.1 Å². The van der Waals surface area contributed by atoms with Crippen molar-refractivity contribution >= 4 is 5.91 Å². The molecule has 0 aliphatic rings. The molecule has 0 saturated heterocycles. The Bertz CT molecular complexity index is 351. The lowest BCUT2D eigenvalue weighted by molar-refractivity contribution is 0.0802. The molecule has 0 atom stereocenters. The summed E-state index contributed by atoms with van der Waals surface area (Å²) < 4.78 is 4.73. The van der Waals surface area contributed by atoms with Crippen LogP contribution in [0.2, 0.25) is 0 Å². The highest BCUT2D eigenvalue weighted by molar-refractivity contribution is 5.92. The first-order valence-corrected chi connectivity index (χ1v) is 3.71. The highest BCUT2D eigenvalue weighted by Crippen LogP contribution is 2.03. The second-order valence-corrected chi connectivity index (χ2v) is 2.64. The van der Waals surface area contributed by atoms with Crippen LogP contribution >= 0.6 is 0 Å². The molecule has 1 heterocycles. The number of nitriles is 1. The molecule has 1 aromatic heterocycles. The molecule has 5 heteroatoms. The van der Waals surface area contributed by atoms with Gasteiger partial charge in [-0.2, -0.15) is 5.26 Å². The lowest BCUT2D eigenvalue weighted by Crippen LogP contribution is -2.27. The van der Waals surface area contributed by atoms with E-state index in [1.54, 1.807) is 6.92 Å². The second kappa shape index (κ2) is 3.72. The SMILES string of the molecule is Cc1cc(C(=O)N(C)CC#N)no1. The first-order valence-electron chi connectivity index (χ1n) is 3.71. The molecule has 5 nitrogen and oxygen atoms in total. The van der Waals surface area contributed by atoms with Crippen molar-refractivity contribution in [3.05, 3.63) is 17.5 Å². The summed E-state index contributed by atoms with van der Waals surface area (Å²) in [5.41, 5.74) is 0.232. The Balaban J connectivity index is 2.74. The Labute approximate surface area is 75.5 Å². The van der Waals surface area contributed by atoms with Gasteiger partial charge >= 0.3 is 0 Å². The number of aromatic nitrogens is 1. The maximum absolute atomic E-state index is 11.4. The maximum Gasteiger partial charge on any atom is 0.276 e. The van der Waals surface area contributed by atoms with Crippen molar-refractivity contribution in [3.63, 3.8) is 0 Å². The number of hydrogen-bond donors (Lipinski definition) is 0. The van der Waals surface area contributed by atoms with Crippen LogP contribution in [0.3, 0.4) is 0 Å². The van der Waals surface area contributed by atoms with Gasteiger partial charge in [-0.3, -0.25) is 4.79 Å². The molecular weight excluding hydrogens is 170 g/mol. The van der Waals surface area contributed by atoms with Gasteiger partial charge in [0.2, 0.25) is 0 Å². The number of rotatable bonds is 2. The Hall–Kier alpha value is -1.83. The minimum absolute atomic E-state index is 0.0464. The fourth-order valence-electron chi connectivity index (χ4n) is 0.841. The van der Waals surface area contributed by atoms with Gasteiger partial charge in [-0.15, -0.1) is 0 Å². The summed E-state index contributed by atoms with van der Waals surface area (Å²) in [7, 11) is 1.54. The summed E-state index contributed by atoms with van der Waals surface area (Å²) in [6.07, 6.45) is 0. The lowest BCUT2D eigenvalue weighted by atomic mass is 10.3. The summed E-state index contributed by atoms with van der Waals surface area (Å²) in [6.45, 7) is 1.75. The molecule has 0 aromatic carbocycles. The predicted molar refractivity (Wildman–Crippen MR) is 43.8 cm³/mol. The Morgan fingerprint density at radius 2 is 2.54 bits per heavy atom. The number of nitrogens with zero attached hydrogens (tertiary/aromatic N) is 3. The van der Waals surface area contributed by atoms with Gasteiger partial charge in [0.25, 0.3) is 5.91 Å². The number of aryl methyl sites for hydroxylation is 1. The number of hydrogen-bond acceptors (Lipinski definition) is 4. The zero-order valence-electron chi connectivity index (χ0n) is 7.44. The molecule has 0 radical (unpaired) electrons. The van der Waals surface area contributed by atoms with Crippen LogP contribution in [0.15, 0.2) is 10.6 Å². The molecule has 0 N–H and O–H groups in total. The fraction of sp³-hybridized carbons (Fsp3) is 0.375. The molecule has 0 fully saturated rings. The van der Waals surface area contributed by atoms with Crippen LogP contribution in [0, 0.1) is 18.3 Å².